The second-order valence-electron chi connectivity index (χ2n) is 10.3. The first-order valence-electron chi connectivity index (χ1n) is 13.0. The summed E-state index contributed by atoms with van der Waals surface area (Å²) in [6, 6.07) is 9.39. The lowest BCUT2D eigenvalue weighted by Crippen LogP contribution is -2.44. The van der Waals surface area contributed by atoms with Crippen LogP contribution in [0.25, 0.3) is 22.3 Å². The number of aromatic amines is 1. The third-order valence-corrected chi connectivity index (χ3v) is 7.31. The van der Waals surface area contributed by atoms with Crippen molar-refractivity contribution in [3.05, 3.63) is 59.8 Å². The molecule has 0 saturated carbocycles. The van der Waals surface area contributed by atoms with E-state index in [4.69, 9.17) is 9.72 Å². The Hall–Kier alpha value is -3.79. The van der Waals surface area contributed by atoms with E-state index in [1.807, 2.05) is 19.9 Å². The fourth-order valence-corrected chi connectivity index (χ4v) is 5.21. The third-order valence-electron chi connectivity index (χ3n) is 7.31. The fraction of sp³-hybridized carbons (Fsp3) is 0.393. The summed E-state index contributed by atoms with van der Waals surface area (Å²) in [5.41, 5.74) is 3.96. The van der Waals surface area contributed by atoms with Crippen LogP contribution in [0.4, 0.5) is 20.2 Å². The molecule has 0 unspecified atom stereocenters. The number of imidazole rings is 1. The number of nitrogens with one attached hydrogen (secondary N) is 1. The van der Waals surface area contributed by atoms with Crippen LogP contribution in [-0.4, -0.2) is 77.3 Å². The normalized spacial score (nSPS) is 16.3. The van der Waals surface area contributed by atoms with Gasteiger partial charge >= 0.3 is 0 Å². The minimum atomic E-state index is -0.609. The number of piperazine rings is 1. The summed E-state index contributed by atoms with van der Waals surface area (Å²) in [7, 11) is 2.14. The van der Waals surface area contributed by atoms with Gasteiger partial charge in [0.05, 0.1) is 35.9 Å². The quantitative estimate of drug-likeness (QED) is 0.423. The molecule has 38 heavy (non-hydrogen) atoms. The lowest BCUT2D eigenvalue weighted by atomic mass is 10.1. The maximum atomic E-state index is 15.0. The monoisotopic (exact) mass is 519 g/mol. The topological polar surface area (TPSA) is 73.4 Å². The molecule has 0 radical (unpaired) electrons. The molecule has 10 heteroatoms. The molecular formula is C28H31F2N7O. The van der Waals surface area contributed by atoms with Gasteiger partial charge in [0.2, 0.25) is 0 Å². The van der Waals surface area contributed by atoms with Gasteiger partial charge in [-0.05, 0) is 51.2 Å². The van der Waals surface area contributed by atoms with Crippen molar-refractivity contribution in [2.45, 2.75) is 26.3 Å². The first kappa shape index (κ1) is 24.5. The van der Waals surface area contributed by atoms with Crippen LogP contribution in [0, 0.1) is 11.6 Å². The van der Waals surface area contributed by atoms with E-state index in [9.17, 15) is 8.78 Å². The number of likely N-dealkylation sites (N-methyl/N-ethyl adjacent to an activating group) is 1. The molecule has 0 bridgehead atoms. The van der Waals surface area contributed by atoms with Crippen LogP contribution in [0.3, 0.4) is 0 Å². The predicted octanol–water partition coefficient (Wildman–Crippen LogP) is 4.25. The molecular weight excluding hydrogens is 488 g/mol. The number of rotatable bonds is 5. The van der Waals surface area contributed by atoms with E-state index < -0.39 is 11.6 Å². The Bertz CT molecular complexity index is 1480. The second kappa shape index (κ2) is 9.83. The molecule has 6 rings (SSSR count). The van der Waals surface area contributed by atoms with E-state index in [1.54, 1.807) is 6.07 Å². The number of H-pyrrole nitrogens is 1. The van der Waals surface area contributed by atoms with Crippen LogP contribution < -0.4 is 14.5 Å². The van der Waals surface area contributed by atoms with Crippen LogP contribution in [0.15, 0.2) is 36.5 Å². The van der Waals surface area contributed by atoms with Crippen molar-refractivity contribution in [1.82, 2.24) is 24.8 Å². The minimum absolute atomic E-state index is 0.0550. The van der Waals surface area contributed by atoms with Crippen LogP contribution >= 0.6 is 0 Å². The molecule has 0 spiro atoms. The maximum Gasteiger partial charge on any atom is 0.178 e. The molecule has 2 aromatic heterocycles. The molecule has 2 aliphatic rings. The highest BCUT2D eigenvalue weighted by Crippen LogP contribution is 2.39. The van der Waals surface area contributed by atoms with E-state index in [-0.39, 0.29) is 17.5 Å². The average molecular weight is 520 g/mol. The van der Waals surface area contributed by atoms with Crippen molar-refractivity contribution in [2.24, 2.45) is 0 Å². The van der Waals surface area contributed by atoms with Gasteiger partial charge < -0.3 is 24.4 Å². The number of benzene rings is 2. The first-order chi connectivity index (χ1) is 18.4. The molecule has 0 amide bonds. The summed E-state index contributed by atoms with van der Waals surface area (Å²) < 4.78 is 35.5. The summed E-state index contributed by atoms with van der Waals surface area (Å²) in [5, 5.41) is 0. The van der Waals surface area contributed by atoms with E-state index in [0.717, 1.165) is 49.1 Å². The summed E-state index contributed by atoms with van der Waals surface area (Å²) >= 11 is 0. The largest absolute Gasteiger partial charge is 0.486 e. The Labute approximate surface area is 220 Å². The summed E-state index contributed by atoms with van der Waals surface area (Å²) in [6.07, 6.45) is 1.43. The molecule has 0 atom stereocenters. The SMILES string of the molecule is CC(C)N1CCOc2c(F)cc(-c3nc(Cc4nc5ccc(N6CCN(C)CC6)cc5[nH]4)ncc3F)cc21. The van der Waals surface area contributed by atoms with Crippen molar-refractivity contribution >= 4 is 22.4 Å². The van der Waals surface area contributed by atoms with Gasteiger partial charge in [-0.15, -0.1) is 0 Å². The number of nitrogens with zero attached hydrogens (tertiary/aromatic N) is 6. The highest BCUT2D eigenvalue weighted by atomic mass is 19.1. The lowest BCUT2D eigenvalue weighted by molar-refractivity contribution is 0.287. The molecule has 1 N–H and O–H groups in total. The Morgan fingerprint density at radius 1 is 1.00 bits per heavy atom. The zero-order valence-electron chi connectivity index (χ0n) is 21.8. The van der Waals surface area contributed by atoms with Gasteiger partial charge in [-0.25, -0.2) is 23.7 Å². The Balaban J connectivity index is 1.28. The van der Waals surface area contributed by atoms with Crippen LogP contribution in [-0.2, 0) is 6.42 Å². The number of fused-ring (bicyclic) bond motifs is 2. The van der Waals surface area contributed by atoms with Gasteiger partial charge in [-0.1, -0.05) is 0 Å². The highest BCUT2D eigenvalue weighted by molar-refractivity contribution is 5.80. The first-order valence-corrected chi connectivity index (χ1v) is 13.0. The molecule has 8 nitrogen and oxygen atoms in total. The molecule has 198 valence electrons. The Morgan fingerprint density at radius 2 is 1.82 bits per heavy atom. The molecule has 1 fully saturated rings. The average Bonchev–Trinajstić information content (AvgIpc) is 3.31. The van der Waals surface area contributed by atoms with Gasteiger partial charge in [0, 0.05) is 43.5 Å². The lowest BCUT2D eigenvalue weighted by Gasteiger charge is -2.34. The van der Waals surface area contributed by atoms with Gasteiger partial charge in [-0.3, -0.25) is 0 Å². The fourth-order valence-electron chi connectivity index (χ4n) is 5.21. The molecule has 0 aliphatic carbocycles. The van der Waals surface area contributed by atoms with Crippen LogP contribution in [0.5, 0.6) is 5.75 Å². The summed E-state index contributed by atoms with van der Waals surface area (Å²) in [5.74, 6) is 0.138. The number of ether oxygens (including phenoxy) is 1. The standard InChI is InChI=1S/C28H31F2N7O/c1-17(2)37-10-11-38-28-20(29)12-18(13-24(28)37)27-21(30)16-31-25(34-27)15-26-32-22-5-4-19(14-23(22)33-26)36-8-6-35(3)7-9-36/h4-5,12-14,16-17H,6-11,15H2,1-3H3,(H,32,33). The number of hydrogen-bond acceptors (Lipinski definition) is 7. The van der Waals surface area contributed by atoms with Gasteiger partial charge in [0.1, 0.15) is 23.9 Å². The molecule has 4 aromatic rings. The number of hydrogen-bond donors (Lipinski definition) is 1. The van der Waals surface area contributed by atoms with Crippen molar-refractivity contribution in [1.29, 1.82) is 0 Å². The third kappa shape index (κ3) is 4.64. The van der Waals surface area contributed by atoms with Crippen molar-refractivity contribution in [2.75, 3.05) is 56.2 Å². The maximum absolute atomic E-state index is 15.0. The summed E-state index contributed by atoms with van der Waals surface area (Å²) in [6.45, 7) is 9.14. The minimum Gasteiger partial charge on any atom is -0.486 e. The second-order valence-corrected chi connectivity index (χ2v) is 10.3. The van der Waals surface area contributed by atoms with Crippen molar-refractivity contribution in [3.8, 4) is 17.0 Å². The van der Waals surface area contributed by atoms with E-state index >= 15 is 0 Å². The number of anilines is 2. The van der Waals surface area contributed by atoms with Gasteiger partial charge in [-0.2, -0.15) is 0 Å². The molecule has 1 saturated heterocycles. The highest BCUT2D eigenvalue weighted by Gasteiger charge is 2.26. The van der Waals surface area contributed by atoms with Gasteiger partial charge in [0.25, 0.3) is 0 Å². The van der Waals surface area contributed by atoms with E-state index in [0.29, 0.717) is 42.5 Å². The van der Waals surface area contributed by atoms with E-state index in [2.05, 4.69) is 48.8 Å². The number of halogens is 2. The molecule has 2 aromatic carbocycles. The zero-order chi connectivity index (χ0) is 26.4. The zero-order valence-corrected chi connectivity index (χ0v) is 21.8. The van der Waals surface area contributed by atoms with Crippen LogP contribution in [0.1, 0.15) is 25.5 Å². The van der Waals surface area contributed by atoms with Crippen LogP contribution in [0.2, 0.25) is 0 Å². The Kier molecular flexibility index (Phi) is 6.35. The van der Waals surface area contributed by atoms with Crippen molar-refractivity contribution in [3.63, 3.8) is 0 Å². The predicted molar refractivity (Wildman–Crippen MR) is 144 cm³/mol. The Morgan fingerprint density at radius 3 is 2.61 bits per heavy atom. The van der Waals surface area contributed by atoms with E-state index in [1.165, 1.54) is 6.07 Å². The van der Waals surface area contributed by atoms with Crippen molar-refractivity contribution < 1.29 is 13.5 Å². The molecule has 2 aliphatic heterocycles. The summed E-state index contributed by atoms with van der Waals surface area (Å²) in [4.78, 5) is 23.5. The molecule has 4 heterocycles. The number of aromatic nitrogens is 4. The smallest absolute Gasteiger partial charge is 0.178 e. The van der Waals surface area contributed by atoms with Gasteiger partial charge in [0.15, 0.2) is 17.4 Å².